The van der Waals surface area contributed by atoms with Crippen LogP contribution in [0.5, 0.6) is 5.75 Å². The number of benzene rings is 2. The van der Waals surface area contributed by atoms with Crippen LogP contribution in [0.1, 0.15) is 5.56 Å². The highest BCUT2D eigenvalue weighted by Gasteiger charge is 2.30. The average molecular weight is 459 g/mol. The SMILES string of the molecule is COc1cccc(-c2ccc3nnc(SCC(=O)Nc4cccc(C(F)(F)F)c4)n3n2)c1. The first-order chi connectivity index (χ1) is 15.3. The number of halogens is 3. The summed E-state index contributed by atoms with van der Waals surface area (Å²) in [6, 6.07) is 15.4. The van der Waals surface area contributed by atoms with Gasteiger partial charge in [-0.3, -0.25) is 4.79 Å². The first-order valence-electron chi connectivity index (χ1n) is 9.30. The fraction of sp³-hybridized carbons (Fsp3) is 0.143. The lowest BCUT2D eigenvalue weighted by molar-refractivity contribution is -0.137. The molecule has 0 saturated heterocycles. The second kappa shape index (κ2) is 8.87. The summed E-state index contributed by atoms with van der Waals surface area (Å²) in [5.74, 6) is 0.131. The lowest BCUT2D eigenvalue weighted by Gasteiger charge is -2.09. The van der Waals surface area contributed by atoms with Crippen molar-refractivity contribution in [3.05, 3.63) is 66.2 Å². The van der Waals surface area contributed by atoms with Crippen molar-refractivity contribution >= 4 is 29.0 Å². The summed E-state index contributed by atoms with van der Waals surface area (Å²) in [6.45, 7) is 0. The normalized spacial score (nSPS) is 11.5. The van der Waals surface area contributed by atoms with E-state index in [4.69, 9.17) is 4.74 Å². The molecule has 0 fully saturated rings. The van der Waals surface area contributed by atoms with E-state index in [0.717, 1.165) is 29.5 Å². The molecule has 32 heavy (non-hydrogen) atoms. The van der Waals surface area contributed by atoms with Gasteiger partial charge >= 0.3 is 6.18 Å². The van der Waals surface area contributed by atoms with Crippen LogP contribution in [-0.4, -0.2) is 38.6 Å². The number of carbonyl (C=O) groups excluding carboxylic acids is 1. The molecule has 0 aliphatic carbocycles. The summed E-state index contributed by atoms with van der Waals surface area (Å²) in [5.41, 5.74) is 1.22. The van der Waals surface area contributed by atoms with Crippen molar-refractivity contribution < 1.29 is 22.7 Å². The van der Waals surface area contributed by atoms with Crippen LogP contribution in [0.15, 0.2) is 65.8 Å². The van der Waals surface area contributed by atoms with E-state index in [1.54, 1.807) is 19.2 Å². The predicted octanol–water partition coefficient (Wildman–Crippen LogP) is 4.55. The van der Waals surface area contributed by atoms with Crippen molar-refractivity contribution in [2.45, 2.75) is 11.3 Å². The zero-order chi connectivity index (χ0) is 22.7. The van der Waals surface area contributed by atoms with Crippen LogP contribution in [0, 0.1) is 0 Å². The Hall–Kier alpha value is -3.60. The number of aromatic nitrogens is 4. The minimum atomic E-state index is -4.48. The van der Waals surface area contributed by atoms with Gasteiger partial charge in [0.15, 0.2) is 5.65 Å². The fourth-order valence-electron chi connectivity index (χ4n) is 2.90. The van der Waals surface area contributed by atoms with Gasteiger partial charge in [0.25, 0.3) is 0 Å². The van der Waals surface area contributed by atoms with E-state index in [0.29, 0.717) is 22.2 Å². The summed E-state index contributed by atoms with van der Waals surface area (Å²) < 4.78 is 45.3. The maximum absolute atomic E-state index is 12.8. The van der Waals surface area contributed by atoms with E-state index >= 15 is 0 Å². The molecule has 7 nitrogen and oxygen atoms in total. The lowest BCUT2D eigenvalue weighted by Crippen LogP contribution is -2.15. The minimum absolute atomic E-state index is 0.0648. The number of rotatable bonds is 6. The zero-order valence-electron chi connectivity index (χ0n) is 16.6. The van der Waals surface area contributed by atoms with Crippen molar-refractivity contribution in [2.75, 3.05) is 18.2 Å². The van der Waals surface area contributed by atoms with Gasteiger partial charge < -0.3 is 10.1 Å². The Morgan fingerprint density at radius 3 is 2.69 bits per heavy atom. The quantitative estimate of drug-likeness (QED) is 0.426. The van der Waals surface area contributed by atoms with Crippen molar-refractivity contribution in [1.82, 2.24) is 19.8 Å². The van der Waals surface area contributed by atoms with Gasteiger partial charge in [0.2, 0.25) is 11.1 Å². The molecule has 11 heteroatoms. The average Bonchev–Trinajstić information content (AvgIpc) is 3.19. The first-order valence-corrected chi connectivity index (χ1v) is 10.3. The Bertz CT molecular complexity index is 1280. The molecule has 0 aliphatic heterocycles. The largest absolute Gasteiger partial charge is 0.497 e. The molecule has 0 spiro atoms. The number of anilines is 1. The van der Waals surface area contributed by atoms with Gasteiger partial charge in [-0.05, 0) is 42.5 Å². The molecule has 0 bridgehead atoms. The number of methoxy groups -OCH3 is 1. The van der Waals surface area contributed by atoms with Gasteiger partial charge in [0.05, 0.1) is 24.1 Å². The Morgan fingerprint density at radius 2 is 1.91 bits per heavy atom. The van der Waals surface area contributed by atoms with Crippen LogP contribution in [0.25, 0.3) is 16.9 Å². The van der Waals surface area contributed by atoms with E-state index < -0.39 is 17.6 Å². The lowest BCUT2D eigenvalue weighted by atomic mass is 10.1. The third-order valence-electron chi connectivity index (χ3n) is 4.41. The monoisotopic (exact) mass is 459 g/mol. The number of thioether (sulfide) groups is 1. The van der Waals surface area contributed by atoms with E-state index in [9.17, 15) is 18.0 Å². The predicted molar refractivity (Wildman–Crippen MR) is 114 cm³/mol. The Labute approximate surface area is 184 Å². The van der Waals surface area contributed by atoms with E-state index in [-0.39, 0.29) is 11.4 Å². The molecular weight excluding hydrogens is 443 g/mol. The highest BCUT2D eigenvalue weighted by Crippen LogP contribution is 2.31. The molecule has 4 aromatic rings. The highest BCUT2D eigenvalue weighted by atomic mass is 32.2. The minimum Gasteiger partial charge on any atom is -0.497 e. The van der Waals surface area contributed by atoms with Crippen molar-refractivity contribution in [3.63, 3.8) is 0 Å². The Morgan fingerprint density at radius 1 is 1.09 bits per heavy atom. The zero-order valence-corrected chi connectivity index (χ0v) is 17.4. The van der Waals surface area contributed by atoms with Crippen molar-refractivity contribution in [1.29, 1.82) is 0 Å². The molecule has 1 N–H and O–H groups in total. The Kier molecular flexibility index (Phi) is 5.99. The fourth-order valence-corrected chi connectivity index (χ4v) is 3.58. The van der Waals surface area contributed by atoms with Crippen LogP contribution in [-0.2, 0) is 11.0 Å². The molecule has 0 atom stereocenters. The van der Waals surface area contributed by atoms with Crippen LogP contribution < -0.4 is 10.1 Å². The number of hydrogen-bond donors (Lipinski definition) is 1. The number of ether oxygens (including phenoxy) is 1. The van der Waals surface area contributed by atoms with Crippen molar-refractivity contribution in [3.8, 4) is 17.0 Å². The van der Waals surface area contributed by atoms with Crippen LogP contribution in [0.4, 0.5) is 18.9 Å². The molecule has 0 radical (unpaired) electrons. The Balaban J connectivity index is 1.48. The second-order valence-electron chi connectivity index (χ2n) is 6.62. The van der Waals surface area contributed by atoms with Gasteiger partial charge in [-0.1, -0.05) is 30.0 Å². The van der Waals surface area contributed by atoms with Crippen molar-refractivity contribution in [2.24, 2.45) is 0 Å². The standard InChI is InChI=1S/C21H16F3N5O2S/c1-31-16-7-2-4-13(10-16)17-8-9-18-26-27-20(29(18)28-17)32-12-19(30)25-15-6-3-5-14(11-15)21(22,23)24/h2-11H,12H2,1H3,(H,25,30). The van der Waals surface area contributed by atoms with E-state index in [2.05, 4.69) is 20.6 Å². The number of amides is 1. The number of alkyl halides is 3. The summed E-state index contributed by atoms with van der Waals surface area (Å²) in [4.78, 5) is 12.3. The van der Waals surface area contributed by atoms with Gasteiger partial charge in [0.1, 0.15) is 5.75 Å². The summed E-state index contributed by atoms with van der Waals surface area (Å²) in [5, 5.41) is 15.5. The number of nitrogens with one attached hydrogen (secondary N) is 1. The molecule has 0 unspecified atom stereocenters. The third-order valence-corrected chi connectivity index (χ3v) is 5.33. The maximum Gasteiger partial charge on any atom is 0.416 e. The number of hydrogen-bond acceptors (Lipinski definition) is 6. The van der Waals surface area contributed by atoms with Gasteiger partial charge in [-0.15, -0.1) is 10.2 Å². The molecule has 2 heterocycles. The topological polar surface area (TPSA) is 81.4 Å². The van der Waals surface area contributed by atoms with Crippen LogP contribution >= 0.6 is 11.8 Å². The molecule has 0 aliphatic rings. The van der Waals surface area contributed by atoms with E-state index in [1.807, 2.05) is 24.3 Å². The highest BCUT2D eigenvalue weighted by molar-refractivity contribution is 7.99. The number of nitrogens with zero attached hydrogens (tertiary/aromatic N) is 4. The molecule has 0 saturated carbocycles. The summed E-state index contributed by atoms with van der Waals surface area (Å²) >= 11 is 1.07. The second-order valence-corrected chi connectivity index (χ2v) is 7.56. The number of fused-ring (bicyclic) bond motifs is 1. The summed E-state index contributed by atoms with van der Waals surface area (Å²) in [7, 11) is 1.58. The van der Waals surface area contributed by atoms with Crippen LogP contribution in [0.2, 0.25) is 0 Å². The van der Waals surface area contributed by atoms with Gasteiger partial charge in [-0.2, -0.15) is 22.8 Å². The molecule has 1 amide bonds. The third kappa shape index (κ3) is 4.83. The van der Waals surface area contributed by atoms with Gasteiger partial charge in [-0.25, -0.2) is 0 Å². The number of carbonyl (C=O) groups is 1. The molecule has 2 aromatic heterocycles. The molecular formula is C21H16F3N5O2S. The summed E-state index contributed by atoms with van der Waals surface area (Å²) in [6.07, 6.45) is -4.48. The molecule has 2 aromatic carbocycles. The smallest absolute Gasteiger partial charge is 0.416 e. The van der Waals surface area contributed by atoms with Gasteiger partial charge in [0, 0.05) is 11.3 Å². The van der Waals surface area contributed by atoms with Crippen LogP contribution in [0.3, 0.4) is 0 Å². The first kappa shape index (κ1) is 21.6. The molecule has 4 rings (SSSR count). The maximum atomic E-state index is 12.8. The molecule has 164 valence electrons. The van der Waals surface area contributed by atoms with E-state index in [1.165, 1.54) is 16.6 Å².